The Kier molecular flexibility index (Phi) is 5.32. The number of nitrogens with zero attached hydrogens (tertiary/aromatic N) is 2. The Labute approximate surface area is 203 Å². The van der Waals surface area contributed by atoms with Gasteiger partial charge in [-0.15, -0.1) is 0 Å². The number of fused-ring (bicyclic) bond motifs is 2. The highest BCUT2D eigenvalue weighted by molar-refractivity contribution is 8.04. The van der Waals surface area contributed by atoms with Crippen molar-refractivity contribution in [2.24, 2.45) is 0 Å². The molecule has 2 aliphatic heterocycles. The first-order valence-electron chi connectivity index (χ1n) is 11.3. The van der Waals surface area contributed by atoms with Crippen molar-refractivity contribution in [1.29, 1.82) is 0 Å². The number of allylic oxidation sites excluding steroid dienone is 1. The Morgan fingerprint density at radius 3 is 1.79 bits per heavy atom. The minimum atomic E-state index is 0.0398. The summed E-state index contributed by atoms with van der Waals surface area (Å²) in [6, 6.07) is 37.0. The summed E-state index contributed by atoms with van der Waals surface area (Å²) in [7, 11) is 0. The third-order valence-electron chi connectivity index (χ3n) is 6.16. The molecule has 0 unspecified atom stereocenters. The van der Waals surface area contributed by atoms with Crippen molar-refractivity contribution >= 4 is 40.4 Å². The molecule has 0 saturated carbocycles. The molecule has 4 aromatic carbocycles. The molecule has 4 nitrogen and oxygen atoms in total. The lowest BCUT2D eigenvalue weighted by molar-refractivity contribution is -0.125. The van der Waals surface area contributed by atoms with Crippen LogP contribution in [0.1, 0.15) is 17.0 Å². The second-order valence-electron chi connectivity index (χ2n) is 8.26. The number of carbonyl (C=O) groups is 1. The standard InChI is InChI=1S/C29H23N3OS/c33-28-20-34-29(32(28)31(21-11-3-1-4-12-21)22-13-5-2-6-14-22)19-25-23-15-7-9-17-26(23)30-27-18-10-8-16-24(25)27/h1-19,25,30H,20H2/b29-19-. The van der Waals surface area contributed by atoms with Gasteiger partial charge in [0.2, 0.25) is 0 Å². The van der Waals surface area contributed by atoms with Crippen LogP contribution in [0.5, 0.6) is 0 Å². The van der Waals surface area contributed by atoms with Gasteiger partial charge in [-0.3, -0.25) is 4.79 Å². The Morgan fingerprint density at radius 2 is 1.24 bits per heavy atom. The minimum absolute atomic E-state index is 0.0398. The van der Waals surface area contributed by atoms with Gasteiger partial charge in [0.25, 0.3) is 5.91 Å². The average Bonchev–Trinajstić information content (AvgIpc) is 3.25. The summed E-state index contributed by atoms with van der Waals surface area (Å²) in [4.78, 5) is 13.3. The van der Waals surface area contributed by atoms with E-state index in [1.165, 1.54) is 11.1 Å². The number of rotatable bonds is 4. The van der Waals surface area contributed by atoms with E-state index in [0.29, 0.717) is 5.75 Å². The average molecular weight is 462 g/mol. The molecule has 1 amide bonds. The first kappa shape index (κ1) is 20.6. The maximum atomic E-state index is 13.3. The second-order valence-corrected chi connectivity index (χ2v) is 9.25. The van der Waals surface area contributed by atoms with Crippen LogP contribution in [0.25, 0.3) is 0 Å². The summed E-state index contributed by atoms with van der Waals surface area (Å²) < 4.78 is 0. The molecule has 34 heavy (non-hydrogen) atoms. The fourth-order valence-corrected chi connectivity index (χ4v) is 5.56. The molecule has 0 spiro atoms. The molecule has 6 rings (SSSR count). The first-order valence-corrected chi connectivity index (χ1v) is 12.3. The van der Waals surface area contributed by atoms with Crippen molar-refractivity contribution in [2.45, 2.75) is 5.92 Å². The number of thioether (sulfide) groups is 1. The number of hydrazine groups is 1. The summed E-state index contributed by atoms with van der Waals surface area (Å²) in [5.74, 6) is 0.522. The molecule has 2 aliphatic rings. The molecule has 166 valence electrons. The van der Waals surface area contributed by atoms with E-state index in [0.717, 1.165) is 27.8 Å². The van der Waals surface area contributed by atoms with Crippen LogP contribution in [0.4, 0.5) is 22.7 Å². The van der Waals surface area contributed by atoms with Gasteiger partial charge in [0.05, 0.1) is 22.2 Å². The molecule has 5 heteroatoms. The Morgan fingerprint density at radius 1 is 0.735 bits per heavy atom. The molecule has 0 aliphatic carbocycles. The normalized spacial score (nSPS) is 16.2. The zero-order valence-electron chi connectivity index (χ0n) is 18.5. The van der Waals surface area contributed by atoms with Crippen molar-refractivity contribution in [3.63, 3.8) is 0 Å². The van der Waals surface area contributed by atoms with Crippen molar-refractivity contribution in [2.75, 3.05) is 16.1 Å². The van der Waals surface area contributed by atoms with E-state index < -0.39 is 0 Å². The number of nitrogens with one attached hydrogen (secondary N) is 1. The predicted molar refractivity (Wildman–Crippen MR) is 140 cm³/mol. The molecule has 2 heterocycles. The number of amides is 1. The summed E-state index contributed by atoms with van der Waals surface area (Å²) in [6.07, 6.45) is 2.24. The minimum Gasteiger partial charge on any atom is -0.355 e. The highest BCUT2D eigenvalue weighted by Gasteiger charge is 2.35. The van der Waals surface area contributed by atoms with Crippen LogP contribution in [0.15, 0.2) is 120 Å². The van der Waals surface area contributed by atoms with Crippen molar-refractivity contribution in [3.8, 4) is 0 Å². The van der Waals surface area contributed by atoms with Gasteiger partial charge in [-0.1, -0.05) is 84.6 Å². The molecule has 0 bridgehead atoms. The van der Waals surface area contributed by atoms with Gasteiger partial charge in [0, 0.05) is 17.3 Å². The van der Waals surface area contributed by atoms with Gasteiger partial charge in [0.15, 0.2) is 0 Å². The van der Waals surface area contributed by atoms with Crippen molar-refractivity contribution in [3.05, 3.63) is 131 Å². The first-order chi connectivity index (χ1) is 16.8. The molecule has 0 atom stereocenters. The van der Waals surface area contributed by atoms with Gasteiger partial charge in [0.1, 0.15) is 0 Å². The van der Waals surface area contributed by atoms with E-state index in [-0.39, 0.29) is 11.8 Å². The van der Waals surface area contributed by atoms with Crippen LogP contribution in [0.3, 0.4) is 0 Å². The number of hydrogen-bond acceptors (Lipinski definition) is 4. The van der Waals surface area contributed by atoms with Gasteiger partial charge in [-0.2, -0.15) is 0 Å². The quantitative estimate of drug-likeness (QED) is 0.353. The molecule has 1 fully saturated rings. The van der Waals surface area contributed by atoms with Crippen molar-refractivity contribution < 1.29 is 4.79 Å². The molecular weight excluding hydrogens is 438 g/mol. The van der Waals surface area contributed by atoms with Gasteiger partial charge >= 0.3 is 0 Å². The molecule has 0 aromatic heterocycles. The van der Waals surface area contributed by atoms with Crippen LogP contribution < -0.4 is 10.3 Å². The second kappa shape index (κ2) is 8.76. The van der Waals surface area contributed by atoms with Crippen LogP contribution in [-0.2, 0) is 4.79 Å². The molecule has 0 radical (unpaired) electrons. The van der Waals surface area contributed by atoms with E-state index in [1.807, 2.05) is 70.7 Å². The fraction of sp³-hybridized carbons (Fsp3) is 0.0690. The van der Waals surface area contributed by atoms with Crippen LogP contribution in [0.2, 0.25) is 0 Å². The van der Waals surface area contributed by atoms with E-state index >= 15 is 0 Å². The van der Waals surface area contributed by atoms with E-state index in [1.54, 1.807) is 11.8 Å². The van der Waals surface area contributed by atoms with Gasteiger partial charge in [-0.05, 0) is 53.6 Å². The highest BCUT2D eigenvalue weighted by atomic mass is 32.2. The lowest BCUT2D eigenvalue weighted by atomic mass is 9.86. The third-order valence-corrected chi connectivity index (χ3v) is 7.16. The fourth-order valence-electron chi connectivity index (χ4n) is 4.63. The van der Waals surface area contributed by atoms with E-state index in [2.05, 4.69) is 59.9 Å². The molecule has 1 saturated heterocycles. The predicted octanol–water partition coefficient (Wildman–Crippen LogP) is 7.05. The van der Waals surface area contributed by atoms with Crippen LogP contribution >= 0.6 is 11.8 Å². The Balaban J connectivity index is 1.49. The smallest absolute Gasteiger partial charge is 0.257 e. The maximum absolute atomic E-state index is 13.3. The number of anilines is 4. The Hall–Kier alpha value is -3.96. The van der Waals surface area contributed by atoms with Crippen molar-refractivity contribution in [1.82, 2.24) is 5.01 Å². The molecular formula is C29H23N3OS. The summed E-state index contributed by atoms with van der Waals surface area (Å²) in [5, 5.41) is 8.36. The summed E-state index contributed by atoms with van der Waals surface area (Å²) in [6.45, 7) is 0. The van der Waals surface area contributed by atoms with Gasteiger partial charge < -0.3 is 5.32 Å². The van der Waals surface area contributed by atoms with Gasteiger partial charge in [-0.25, -0.2) is 10.0 Å². The number of carbonyl (C=O) groups excluding carboxylic acids is 1. The number of hydrogen-bond donors (Lipinski definition) is 1. The van der Waals surface area contributed by atoms with Crippen LogP contribution in [0, 0.1) is 0 Å². The lowest BCUT2D eigenvalue weighted by Gasteiger charge is -2.35. The summed E-state index contributed by atoms with van der Waals surface area (Å²) >= 11 is 1.59. The lowest BCUT2D eigenvalue weighted by Crippen LogP contribution is -2.40. The Bertz CT molecular complexity index is 1290. The zero-order valence-corrected chi connectivity index (χ0v) is 19.3. The highest BCUT2D eigenvalue weighted by Crippen LogP contribution is 2.45. The monoisotopic (exact) mass is 461 g/mol. The SMILES string of the molecule is O=C1CS/C(=C\C2c3ccccc3Nc3ccccc32)N1N(c1ccccc1)c1ccccc1. The number of para-hydroxylation sites is 4. The zero-order chi connectivity index (χ0) is 22.9. The third kappa shape index (κ3) is 3.64. The number of benzene rings is 4. The van der Waals surface area contributed by atoms with Crippen LogP contribution in [-0.4, -0.2) is 16.7 Å². The topological polar surface area (TPSA) is 35.6 Å². The molecule has 4 aromatic rings. The van der Waals surface area contributed by atoms with E-state index in [4.69, 9.17) is 0 Å². The maximum Gasteiger partial charge on any atom is 0.257 e. The largest absolute Gasteiger partial charge is 0.355 e. The van der Waals surface area contributed by atoms with E-state index in [9.17, 15) is 4.79 Å². The summed E-state index contributed by atoms with van der Waals surface area (Å²) in [5.41, 5.74) is 6.51. The molecule has 1 N–H and O–H groups in total.